The number of nitro groups is 1. The average Bonchev–Trinajstić information content (AvgIpc) is 2.48. The molecule has 0 radical (unpaired) electrons. The molecular formula is C14H16ClN3O3. The van der Waals surface area contributed by atoms with Crippen LogP contribution in [0.25, 0.3) is 0 Å². The maximum Gasteiger partial charge on any atom is 0.270 e. The van der Waals surface area contributed by atoms with Crippen molar-refractivity contribution in [2.24, 2.45) is 0 Å². The molecule has 0 atom stereocenters. The normalized spacial score (nSPS) is 14.4. The van der Waals surface area contributed by atoms with E-state index >= 15 is 0 Å². The summed E-state index contributed by atoms with van der Waals surface area (Å²) in [6, 6.07) is 4.13. The highest BCUT2D eigenvalue weighted by molar-refractivity contribution is 6.31. The molecule has 112 valence electrons. The van der Waals surface area contributed by atoms with Crippen molar-refractivity contribution in [1.29, 1.82) is 0 Å². The summed E-state index contributed by atoms with van der Waals surface area (Å²) < 4.78 is 0. The molecule has 1 aliphatic rings. The number of nitrogens with zero attached hydrogens (tertiary/aromatic N) is 1. The summed E-state index contributed by atoms with van der Waals surface area (Å²) in [6.07, 6.45) is 3.11. The molecule has 1 heterocycles. The molecule has 2 rings (SSSR count). The Bertz CT molecular complexity index is 587. The van der Waals surface area contributed by atoms with Crippen molar-refractivity contribution in [3.63, 3.8) is 0 Å². The van der Waals surface area contributed by atoms with Crippen LogP contribution < -0.4 is 10.6 Å². The molecule has 2 N–H and O–H groups in total. The molecule has 1 aromatic rings. The Morgan fingerprint density at radius 3 is 2.90 bits per heavy atom. The van der Waals surface area contributed by atoms with Gasteiger partial charge in [0.1, 0.15) is 0 Å². The van der Waals surface area contributed by atoms with Gasteiger partial charge in [0, 0.05) is 25.2 Å². The molecule has 7 heteroatoms. The predicted octanol–water partition coefficient (Wildman–Crippen LogP) is 1.83. The molecule has 1 aromatic carbocycles. The SMILES string of the molecule is O=C(Cc1ccc([N+](=O)[O-])cc1Cl)NCC1=CCNCC1. The summed E-state index contributed by atoms with van der Waals surface area (Å²) in [5, 5.41) is 16.9. The quantitative estimate of drug-likeness (QED) is 0.494. The largest absolute Gasteiger partial charge is 0.352 e. The van der Waals surface area contributed by atoms with Crippen molar-refractivity contribution in [2.45, 2.75) is 12.8 Å². The van der Waals surface area contributed by atoms with Crippen LogP contribution in [0.5, 0.6) is 0 Å². The van der Waals surface area contributed by atoms with Crippen molar-refractivity contribution >= 4 is 23.2 Å². The number of nitrogens with one attached hydrogen (secondary N) is 2. The Kier molecular flexibility index (Phi) is 5.30. The van der Waals surface area contributed by atoms with Crippen LogP contribution in [0.2, 0.25) is 5.02 Å². The maximum atomic E-state index is 11.9. The van der Waals surface area contributed by atoms with E-state index in [9.17, 15) is 14.9 Å². The van der Waals surface area contributed by atoms with Crippen molar-refractivity contribution < 1.29 is 9.72 Å². The lowest BCUT2D eigenvalue weighted by molar-refractivity contribution is -0.384. The lowest BCUT2D eigenvalue weighted by Crippen LogP contribution is -2.30. The molecule has 0 saturated carbocycles. The zero-order chi connectivity index (χ0) is 15.2. The third-order valence-corrected chi connectivity index (χ3v) is 3.62. The summed E-state index contributed by atoms with van der Waals surface area (Å²) in [5.74, 6) is -0.148. The minimum atomic E-state index is -0.515. The first-order chi connectivity index (χ1) is 10.1. The van der Waals surface area contributed by atoms with Gasteiger partial charge in [-0.05, 0) is 18.5 Å². The van der Waals surface area contributed by atoms with Crippen LogP contribution in [0.3, 0.4) is 0 Å². The van der Waals surface area contributed by atoms with Crippen molar-refractivity contribution in [2.75, 3.05) is 19.6 Å². The van der Waals surface area contributed by atoms with Crippen molar-refractivity contribution in [3.05, 3.63) is 50.5 Å². The van der Waals surface area contributed by atoms with Crippen molar-refractivity contribution in [3.8, 4) is 0 Å². The number of benzene rings is 1. The number of hydrogen-bond acceptors (Lipinski definition) is 4. The van der Waals surface area contributed by atoms with Crippen molar-refractivity contribution in [1.82, 2.24) is 10.6 Å². The van der Waals surface area contributed by atoms with Crippen LogP contribution in [0.1, 0.15) is 12.0 Å². The van der Waals surface area contributed by atoms with Gasteiger partial charge in [-0.25, -0.2) is 0 Å². The topological polar surface area (TPSA) is 84.3 Å². The number of carbonyl (C=O) groups is 1. The number of nitro benzene ring substituents is 1. The molecule has 1 aliphatic heterocycles. The number of halogens is 1. The highest BCUT2D eigenvalue weighted by Gasteiger charge is 2.12. The van der Waals surface area contributed by atoms with E-state index in [-0.39, 0.29) is 23.0 Å². The van der Waals surface area contributed by atoms with Gasteiger partial charge in [-0.15, -0.1) is 0 Å². The second-order valence-corrected chi connectivity index (χ2v) is 5.21. The lowest BCUT2D eigenvalue weighted by Gasteiger charge is -2.14. The summed E-state index contributed by atoms with van der Waals surface area (Å²) in [6.45, 7) is 2.29. The molecule has 0 saturated heterocycles. The maximum absolute atomic E-state index is 11.9. The number of rotatable bonds is 5. The minimum absolute atomic E-state index is 0.0796. The molecule has 0 aromatic heterocycles. The van der Waals surface area contributed by atoms with Gasteiger partial charge in [0.25, 0.3) is 5.69 Å². The molecule has 0 aliphatic carbocycles. The van der Waals surface area contributed by atoms with Gasteiger partial charge in [-0.2, -0.15) is 0 Å². The first-order valence-electron chi connectivity index (χ1n) is 6.64. The predicted molar refractivity (Wildman–Crippen MR) is 80.4 cm³/mol. The molecule has 0 bridgehead atoms. The van der Waals surface area contributed by atoms with Crippen LogP contribution in [-0.4, -0.2) is 30.5 Å². The number of hydrogen-bond donors (Lipinski definition) is 2. The van der Waals surface area contributed by atoms with Gasteiger partial charge in [0.05, 0.1) is 16.4 Å². The molecular weight excluding hydrogens is 294 g/mol. The first kappa shape index (κ1) is 15.5. The fourth-order valence-electron chi connectivity index (χ4n) is 2.07. The first-order valence-corrected chi connectivity index (χ1v) is 7.02. The smallest absolute Gasteiger partial charge is 0.270 e. The Hall–Kier alpha value is -1.92. The van der Waals surface area contributed by atoms with E-state index in [2.05, 4.69) is 16.7 Å². The van der Waals surface area contributed by atoms with E-state index in [4.69, 9.17) is 11.6 Å². The van der Waals surface area contributed by atoms with E-state index in [1.54, 1.807) is 0 Å². The Labute approximate surface area is 127 Å². The van der Waals surface area contributed by atoms with Crippen LogP contribution >= 0.6 is 11.6 Å². The molecule has 0 unspecified atom stereocenters. The van der Waals surface area contributed by atoms with Crippen LogP contribution in [-0.2, 0) is 11.2 Å². The highest BCUT2D eigenvalue weighted by atomic mass is 35.5. The van der Waals surface area contributed by atoms with Gasteiger partial charge in [0.2, 0.25) is 5.91 Å². The zero-order valence-corrected chi connectivity index (χ0v) is 12.2. The highest BCUT2D eigenvalue weighted by Crippen LogP contribution is 2.22. The van der Waals surface area contributed by atoms with Crippen LogP contribution in [0.4, 0.5) is 5.69 Å². The van der Waals surface area contributed by atoms with Crippen LogP contribution in [0.15, 0.2) is 29.8 Å². The van der Waals surface area contributed by atoms with Gasteiger partial charge in [-0.1, -0.05) is 29.3 Å². The van der Waals surface area contributed by atoms with Gasteiger partial charge >= 0.3 is 0 Å². The average molecular weight is 310 g/mol. The lowest BCUT2D eigenvalue weighted by atomic mass is 10.1. The Morgan fingerprint density at radius 1 is 1.48 bits per heavy atom. The fraction of sp³-hybridized carbons (Fsp3) is 0.357. The third kappa shape index (κ3) is 4.54. The van der Waals surface area contributed by atoms with Gasteiger partial charge in [0.15, 0.2) is 0 Å². The molecule has 21 heavy (non-hydrogen) atoms. The number of non-ortho nitro benzene ring substituents is 1. The van der Waals surface area contributed by atoms with E-state index in [0.29, 0.717) is 12.1 Å². The fourth-order valence-corrected chi connectivity index (χ4v) is 2.31. The summed E-state index contributed by atoms with van der Waals surface area (Å²) in [7, 11) is 0. The Morgan fingerprint density at radius 2 is 2.29 bits per heavy atom. The zero-order valence-electron chi connectivity index (χ0n) is 11.4. The van der Waals surface area contributed by atoms with E-state index in [0.717, 1.165) is 19.5 Å². The van der Waals surface area contributed by atoms with E-state index in [1.165, 1.54) is 23.8 Å². The molecule has 0 fully saturated rings. The molecule has 1 amide bonds. The second-order valence-electron chi connectivity index (χ2n) is 4.80. The monoisotopic (exact) mass is 309 g/mol. The van der Waals surface area contributed by atoms with Crippen LogP contribution in [0, 0.1) is 10.1 Å². The van der Waals surface area contributed by atoms with E-state index in [1.807, 2.05) is 0 Å². The standard InChI is InChI=1S/C14H16ClN3O3/c15-13-8-12(18(20)21)2-1-11(13)7-14(19)17-9-10-3-5-16-6-4-10/h1-3,8,16H,4-7,9H2,(H,17,19). The second kappa shape index (κ2) is 7.19. The summed E-state index contributed by atoms with van der Waals surface area (Å²) in [4.78, 5) is 22.0. The molecule has 6 nitrogen and oxygen atoms in total. The Balaban J connectivity index is 1.90. The summed E-state index contributed by atoms with van der Waals surface area (Å²) >= 11 is 5.96. The number of amides is 1. The molecule has 0 spiro atoms. The van der Waals surface area contributed by atoms with E-state index < -0.39 is 4.92 Å². The summed E-state index contributed by atoms with van der Waals surface area (Å²) in [5.41, 5.74) is 1.71. The minimum Gasteiger partial charge on any atom is -0.352 e. The van der Waals surface area contributed by atoms with Gasteiger partial charge < -0.3 is 10.6 Å². The number of carbonyl (C=O) groups excluding carboxylic acids is 1. The third-order valence-electron chi connectivity index (χ3n) is 3.27. The van der Waals surface area contributed by atoms with Gasteiger partial charge in [-0.3, -0.25) is 14.9 Å².